The maximum atomic E-state index is 11.9. The molecule has 6 nitrogen and oxygen atoms in total. The van der Waals surface area contributed by atoms with Gasteiger partial charge < -0.3 is 20.1 Å². The molecule has 1 aromatic carbocycles. The fraction of sp³-hybridized carbons (Fsp3) is 0.556. The Hall–Kier alpha value is -1.63. The molecule has 0 aromatic heterocycles. The minimum absolute atomic E-state index is 0.191. The van der Waals surface area contributed by atoms with Gasteiger partial charge >= 0.3 is 11.8 Å². The number of ether oxygens (including phenoxy) is 2. The van der Waals surface area contributed by atoms with Crippen molar-refractivity contribution in [3.8, 4) is 0 Å². The first-order valence-electron chi connectivity index (χ1n) is 8.69. The van der Waals surface area contributed by atoms with Gasteiger partial charge in [0.05, 0.1) is 6.61 Å². The zero-order valence-corrected chi connectivity index (χ0v) is 14.8. The van der Waals surface area contributed by atoms with Crippen LogP contribution in [0.4, 0.5) is 0 Å². The van der Waals surface area contributed by atoms with Crippen LogP contribution in [0.2, 0.25) is 5.02 Å². The lowest BCUT2D eigenvalue weighted by molar-refractivity contribution is -0.161. The molecule has 2 aliphatic rings. The molecule has 0 radical (unpaired) electrons. The molecule has 1 spiro atoms. The van der Waals surface area contributed by atoms with Crippen molar-refractivity contribution in [1.29, 1.82) is 0 Å². The van der Waals surface area contributed by atoms with E-state index in [1.54, 1.807) is 12.1 Å². The van der Waals surface area contributed by atoms with Gasteiger partial charge in [0.25, 0.3) is 0 Å². The van der Waals surface area contributed by atoms with Gasteiger partial charge in [-0.3, -0.25) is 9.59 Å². The third-order valence-corrected chi connectivity index (χ3v) is 4.84. The second-order valence-electron chi connectivity index (χ2n) is 6.51. The van der Waals surface area contributed by atoms with E-state index in [1.807, 2.05) is 12.1 Å². The Morgan fingerprint density at radius 2 is 1.80 bits per heavy atom. The summed E-state index contributed by atoms with van der Waals surface area (Å²) in [5, 5.41) is 5.90. The summed E-state index contributed by atoms with van der Waals surface area (Å²) >= 11 is 5.82. The first-order valence-corrected chi connectivity index (χ1v) is 9.06. The monoisotopic (exact) mass is 366 g/mol. The molecule has 0 unspecified atom stereocenters. The van der Waals surface area contributed by atoms with E-state index in [4.69, 9.17) is 21.1 Å². The summed E-state index contributed by atoms with van der Waals surface area (Å²) in [6, 6.07) is 7.38. The van der Waals surface area contributed by atoms with Crippen LogP contribution in [0.15, 0.2) is 24.3 Å². The van der Waals surface area contributed by atoms with Crippen LogP contribution in [0, 0.1) is 0 Å². The van der Waals surface area contributed by atoms with E-state index in [2.05, 4.69) is 10.6 Å². The smallest absolute Gasteiger partial charge is 0.309 e. The predicted molar refractivity (Wildman–Crippen MR) is 93.2 cm³/mol. The topological polar surface area (TPSA) is 76.7 Å². The second kappa shape index (κ2) is 8.17. The lowest BCUT2D eigenvalue weighted by Gasteiger charge is -2.21. The van der Waals surface area contributed by atoms with Crippen molar-refractivity contribution in [3.05, 3.63) is 34.9 Å². The minimum Gasteiger partial charge on any atom is -0.348 e. The van der Waals surface area contributed by atoms with Gasteiger partial charge in [-0.2, -0.15) is 0 Å². The number of carbonyl (C=O) groups excluding carboxylic acids is 2. The van der Waals surface area contributed by atoms with Crippen LogP contribution in [-0.2, 0) is 25.5 Å². The molecule has 1 saturated heterocycles. The molecule has 1 atom stereocenters. The highest BCUT2D eigenvalue weighted by molar-refractivity contribution is 6.35. The highest BCUT2D eigenvalue weighted by Gasteiger charge is 2.43. The molecule has 2 fully saturated rings. The van der Waals surface area contributed by atoms with E-state index in [9.17, 15) is 9.59 Å². The number of amides is 2. The normalized spacial score (nSPS) is 21.4. The lowest BCUT2D eigenvalue weighted by Crippen LogP contribution is -2.44. The number of halogens is 1. The molecule has 3 rings (SSSR count). The van der Waals surface area contributed by atoms with Crippen molar-refractivity contribution in [2.45, 2.75) is 44.0 Å². The third-order valence-electron chi connectivity index (χ3n) is 4.59. The summed E-state index contributed by atoms with van der Waals surface area (Å²) in [7, 11) is 0. The van der Waals surface area contributed by atoms with Crippen molar-refractivity contribution in [1.82, 2.24) is 10.6 Å². The largest absolute Gasteiger partial charge is 0.348 e. The van der Waals surface area contributed by atoms with Gasteiger partial charge in [0, 0.05) is 31.0 Å². The first-order chi connectivity index (χ1) is 12.1. The first kappa shape index (κ1) is 18.2. The summed E-state index contributed by atoms with van der Waals surface area (Å²) < 4.78 is 11.7. The Labute approximate surface area is 152 Å². The maximum Gasteiger partial charge on any atom is 0.309 e. The molecule has 1 saturated carbocycles. The van der Waals surface area contributed by atoms with E-state index < -0.39 is 17.6 Å². The zero-order valence-electron chi connectivity index (χ0n) is 14.1. The molecule has 2 N–H and O–H groups in total. The van der Waals surface area contributed by atoms with Gasteiger partial charge in [0.1, 0.15) is 6.10 Å². The summed E-state index contributed by atoms with van der Waals surface area (Å²) in [5.41, 5.74) is 1.04. The van der Waals surface area contributed by atoms with Gasteiger partial charge in [0.15, 0.2) is 5.79 Å². The predicted octanol–water partition coefficient (Wildman–Crippen LogP) is 1.80. The number of hydrogen-bond acceptors (Lipinski definition) is 4. The van der Waals surface area contributed by atoms with Crippen LogP contribution in [-0.4, -0.2) is 43.4 Å². The maximum absolute atomic E-state index is 11.9. The van der Waals surface area contributed by atoms with E-state index in [0.717, 1.165) is 31.2 Å². The highest BCUT2D eigenvalue weighted by atomic mass is 35.5. The summed E-state index contributed by atoms with van der Waals surface area (Å²) in [6.07, 6.45) is 4.47. The van der Waals surface area contributed by atoms with Gasteiger partial charge in [-0.1, -0.05) is 23.7 Å². The van der Waals surface area contributed by atoms with Gasteiger partial charge in [-0.25, -0.2) is 0 Å². The highest BCUT2D eigenvalue weighted by Crippen LogP contribution is 2.38. The molecule has 1 aliphatic heterocycles. The molecule has 1 aliphatic carbocycles. The Morgan fingerprint density at radius 3 is 2.52 bits per heavy atom. The molecule has 1 heterocycles. The van der Waals surface area contributed by atoms with Crippen molar-refractivity contribution in [2.24, 2.45) is 0 Å². The minimum atomic E-state index is -0.646. The quantitative estimate of drug-likeness (QED) is 0.779. The number of carbonyl (C=O) groups is 2. The Kier molecular flexibility index (Phi) is 5.93. The number of rotatable bonds is 5. The van der Waals surface area contributed by atoms with Gasteiger partial charge in [0.2, 0.25) is 0 Å². The SMILES string of the molecule is O=C(NCCc1ccc(Cl)cc1)C(=O)NC[C@H]1COC2(CCCC2)O1. The van der Waals surface area contributed by atoms with Crippen molar-refractivity contribution < 1.29 is 19.1 Å². The van der Waals surface area contributed by atoms with Gasteiger partial charge in [-0.15, -0.1) is 0 Å². The molecule has 7 heteroatoms. The van der Waals surface area contributed by atoms with Crippen LogP contribution in [0.1, 0.15) is 31.2 Å². The molecule has 0 bridgehead atoms. The number of hydrogen-bond donors (Lipinski definition) is 2. The third kappa shape index (κ3) is 4.93. The standard InChI is InChI=1S/C18H23ClN2O4/c19-14-5-3-13(4-6-14)7-10-20-16(22)17(23)21-11-15-12-24-18(25-15)8-1-2-9-18/h3-6,15H,1-2,7-12H2,(H,20,22)(H,21,23)/t15-/m0/s1. The zero-order chi connectivity index (χ0) is 17.7. The fourth-order valence-corrected chi connectivity index (χ4v) is 3.36. The average molecular weight is 367 g/mol. The second-order valence-corrected chi connectivity index (χ2v) is 6.95. The van der Waals surface area contributed by atoms with Crippen LogP contribution >= 0.6 is 11.6 Å². The van der Waals surface area contributed by atoms with Crippen LogP contribution in [0.3, 0.4) is 0 Å². The van der Waals surface area contributed by atoms with E-state index >= 15 is 0 Å². The van der Waals surface area contributed by atoms with Crippen molar-refractivity contribution in [3.63, 3.8) is 0 Å². The Morgan fingerprint density at radius 1 is 1.12 bits per heavy atom. The Bertz CT molecular complexity index is 614. The van der Waals surface area contributed by atoms with Crippen molar-refractivity contribution in [2.75, 3.05) is 19.7 Å². The van der Waals surface area contributed by atoms with E-state index in [-0.39, 0.29) is 12.6 Å². The van der Waals surface area contributed by atoms with Crippen LogP contribution in [0.5, 0.6) is 0 Å². The molecule has 1 aromatic rings. The summed E-state index contributed by atoms with van der Waals surface area (Å²) in [5.74, 6) is -1.73. The summed E-state index contributed by atoms with van der Waals surface area (Å²) in [4.78, 5) is 23.7. The van der Waals surface area contributed by atoms with Crippen LogP contribution < -0.4 is 10.6 Å². The number of benzene rings is 1. The molecular formula is C18H23ClN2O4. The van der Waals surface area contributed by atoms with Crippen LogP contribution in [0.25, 0.3) is 0 Å². The molecular weight excluding hydrogens is 344 g/mol. The average Bonchev–Trinajstić information content (AvgIpc) is 3.24. The van der Waals surface area contributed by atoms with E-state index in [1.165, 1.54) is 0 Å². The number of nitrogens with one attached hydrogen (secondary N) is 2. The molecule has 2 amide bonds. The van der Waals surface area contributed by atoms with E-state index in [0.29, 0.717) is 24.6 Å². The molecule has 136 valence electrons. The lowest BCUT2D eigenvalue weighted by atomic mass is 10.1. The van der Waals surface area contributed by atoms with Crippen molar-refractivity contribution >= 4 is 23.4 Å². The Balaban J connectivity index is 1.34. The molecule has 25 heavy (non-hydrogen) atoms. The van der Waals surface area contributed by atoms with Gasteiger partial charge in [-0.05, 0) is 37.0 Å². The summed E-state index contributed by atoms with van der Waals surface area (Å²) in [6.45, 7) is 1.13. The fourth-order valence-electron chi connectivity index (χ4n) is 3.23.